The van der Waals surface area contributed by atoms with Crippen LogP contribution >= 0.6 is 11.6 Å². The third kappa shape index (κ3) is 3.63. The van der Waals surface area contributed by atoms with Crippen molar-refractivity contribution >= 4 is 11.6 Å². The van der Waals surface area contributed by atoms with Crippen molar-refractivity contribution in [1.82, 2.24) is 0 Å². The average Bonchev–Trinajstić information content (AvgIpc) is 2.34. The van der Waals surface area contributed by atoms with Gasteiger partial charge in [0.05, 0.1) is 18.1 Å². The zero-order valence-electron chi connectivity index (χ0n) is 11.4. The Labute approximate surface area is 115 Å². The molecule has 0 unspecified atom stereocenters. The van der Waals surface area contributed by atoms with Crippen molar-refractivity contribution < 1.29 is 9.64 Å². The van der Waals surface area contributed by atoms with Gasteiger partial charge in [0.2, 0.25) is 0 Å². The van der Waals surface area contributed by atoms with Crippen molar-refractivity contribution in [3.63, 3.8) is 0 Å². The highest BCUT2D eigenvalue weighted by molar-refractivity contribution is 6.32. The summed E-state index contributed by atoms with van der Waals surface area (Å²) in [6, 6.07) is 4.09. The molecule has 1 aromatic rings. The molecule has 1 fully saturated rings. The quantitative estimate of drug-likeness (QED) is 0.885. The molecule has 2 nitrogen and oxygen atoms in total. The van der Waals surface area contributed by atoms with E-state index in [-0.39, 0.29) is 0 Å². The summed E-state index contributed by atoms with van der Waals surface area (Å²) < 4.78 is 5.87. The van der Waals surface area contributed by atoms with Crippen LogP contribution in [0.4, 0.5) is 0 Å². The van der Waals surface area contributed by atoms with E-state index in [1.165, 1.54) is 37.9 Å². The molecule has 100 valence electrons. The second-order valence-electron chi connectivity index (χ2n) is 5.30. The SMILES string of the molecule is Cc1cc(C)c(OCC[NH+]2CCCCC2)c(Cl)c1. The van der Waals surface area contributed by atoms with Crippen LogP contribution in [-0.2, 0) is 0 Å². The second-order valence-corrected chi connectivity index (χ2v) is 5.71. The topological polar surface area (TPSA) is 13.7 Å². The van der Waals surface area contributed by atoms with Gasteiger partial charge in [-0.1, -0.05) is 17.7 Å². The number of ether oxygens (including phenoxy) is 1. The van der Waals surface area contributed by atoms with Crippen molar-refractivity contribution in [2.75, 3.05) is 26.2 Å². The molecule has 0 saturated carbocycles. The average molecular weight is 269 g/mol. The maximum absolute atomic E-state index is 6.22. The number of halogens is 1. The number of hydrogen-bond donors (Lipinski definition) is 1. The van der Waals surface area contributed by atoms with E-state index in [9.17, 15) is 0 Å². The first-order valence-corrected chi connectivity index (χ1v) is 7.28. The number of likely N-dealkylation sites (tertiary alicyclic amines) is 1. The van der Waals surface area contributed by atoms with Gasteiger partial charge in [0.1, 0.15) is 18.9 Å². The Balaban J connectivity index is 1.86. The lowest BCUT2D eigenvalue weighted by molar-refractivity contribution is -0.904. The second kappa shape index (κ2) is 6.44. The largest absolute Gasteiger partial charge is 0.486 e. The summed E-state index contributed by atoms with van der Waals surface area (Å²) in [6.07, 6.45) is 4.12. The van der Waals surface area contributed by atoms with Gasteiger partial charge in [0, 0.05) is 0 Å². The first-order valence-electron chi connectivity index (χ1n) is 6.90. The van der Waals surface area contributed by atoms with Crippen molar-refractivity contribution in [3.05, 3.63) is 28.3 Å². The third-order valence-corrected chi connectivity index (χ3v) is 3.92. The smallest absolute Gasteiger partial charge is 0.141 e. The van der Waals surface area contributed by atoms with E-state index in [4.69, 9.17) is 16.3 Å². The molecule has 2 rings (SSSR count). The van der Waals surface area contributed by atoms with E-state index in [0.29, 0.717) is 0 Å². The Morgan fingerprint density at radius 2 is 1.89 bits per heavy atom. The van der Waals surface area contributed by atoms with E-state index in [0.717, 1.165) is 29.5 Å². The van der Waals surface area contributed by atoms with Crippen molar-refractivity contribution in [2.45, 2.75) is 33.1 Å². The molecule has 1 aliphatic heterocycles. The highest BCUT2D eigenvalue weighted by atomic mass is 35.5. The van der Waals surface area contributed by atoms with Gasteiger partial charge in [-0.2, -0.15) is 0 Å². The fourth-order valence-electron chi connectivity index (χ4n) is 2.68. The monoisotopic (exact) mass is 268 g/mol. The van der Waals surface area contributed by atoms with Gasteiger partial charge >= 0.3 is 0 Å². The number of hydrogen-bond acceptors (Lipinski definition) is 1. The fraction of sp³-hybridized carbons (Fsp3) is 0.600. The molecular weight excluding hydrogens is 246 g/mol. The van der Waals surface area contributed by atoms with Gasteiger partial charge in [0.15, 0.2) is 0 Å². The van der Waals surface area contributed by atoms with Gasteiger partial charge < -0.3 is 9.64 Å². The minimum atomic E-state index is 0.737. The zero-order chi connectivity index (χ0) is 13.0. The van der Waals surface area contributed by atoms with Crippen molar-refractivity contribution in [1.29, 1.82) is 0 Å². The van der Waals surface area contributed by atoms with Crippen LogP contribution in [-0.4, -0.2) is 26.2 Å². The summed E-state index contributed by atoms with van der Waals surface area (Å²) in [5.41, 5.74) is 2.32. The van der Waals surface area contributed by atoms with Gasteiger partial charge in [-0.3, -0.25) is 0 Å². The molecule has 1 aromatic carbocycles. The number of quaternary nitrogens is 1. The molecule has 0 amide bonds. The minimum absolute atomic E-state index is 0.737. The highest BCUT2D eigenvalue weighted by Crippen LogP contribution is 2.29. The van der Waals surface area contributed by atoms with E-state index in [1.54, 1.807) is 4.90 Å². The van der Waals surface area contributed by atoms with E-state index >= 15 is 0 Å². The lowest BCUT2D eigenvalue weighted by atomic mass is 10.1. The van der Waals surface area contributed by atoms with Gasteiger partial charge in [-0.15, -0.1) is 0 Å². The lowest BCUT2D eigenvalue weighted by Crippen LogP contribution is -3.13. The first kappa shape index (κ1) is 13.7. The summed E-state index contributed by atoms with van der Waals surface area (Å²) in [4.78, 5) is 1.67. The summed E-state index contributed by atoms with van der Waals surface area (Å²) in [5, 5.41) is 0.737. The molecule has 0 atom stereocenters. The van der Waals surface area contributed by atoms with Gasteiger partial charge in [0.25, 0.3) is 0 Å². The summed E-state index contributed by atoms with van der Waals surface area (Å²) >= 11 is 6.22. The van der Waals surface area contributed by atoms with Crippen LogP contribution < -0.4 is 9.64 Å². The zero-order valence-corrected chi connectivity index (χ0v) is 12.1. The van der Waals surface area contributed by atoms with Crippen LogP contribution in [0.3, 0.4) is 0 Å². The summed E-state index contributed by atoms with van der Waals surface area (Å²) in [7, 11) is 0. The van der Waals surface area contributed by atoms with Crippen molar-refractivity contribution in [3.8, 4) is 5.75 Å². The number of rotatable bonds is 4. The molecular formula is C15H23ClNO+. The molecule has 1 aliphatic rings. The van der Waals surface area contributed by atoms with Crippen LogP contribution in [0.2, 0.25) is 5.02 Å². The standard InChI is InChI=1S/C15H22ClNO/c1-12-10-13(2)15(14(16)11-12)18-9-8-17-6-4-3-5-7-17/h10-11H,3-9H2,1-2H3/p+1. The lowest BCUT2D eigenvalue weighted by Gasteiger charge is -2.23. The minimum Gasteiger partial charge on any atom is -0.486 e. The van der Waals surface area contributed by atoms with Crippen LogP contribution in [0, 0.1) is 13.8 Å². The normalized spacial score (nSPS) is 16.8. The Morgan fingerprint density at radius 1 is 1.17 bits per heavy atom. The number of piperidine rings is 1. The summed E-state index contributed by atoms with van der Waals surface area (Å²) in [5.74, 6) is 0.860. The van der Waals surface area contributed by atoms with E-state index in [1.807, 2.05) is 6.07 Å². The Kier molecular flexibility index (Phi) is 4.90. The molecule has 0 aliphatic carbocycles. The highest BCUT2D eigenvalue weighted by Gasteiger charge is 2.14. The molecule has 0 aromatic heterocycles. The molecule has 1 heterocycles. The van der Waals surface area contributed by atoms with Crippen LogP contribution in [0.1, 0.15) is 30.4 Å². The Morgan fingerprint density at radius 3 is 2.56 bits per heavy atom. The molecule has 18 heavy (non-hydrogen) atoms. The molecule has 3 heteroatoms. The maximum Gasteiger partial charge on any atom is 0.141 e. The molecule has 0 radical (unpaired) electrons. The van der Waals surface area contributed by atoms with Crippen molar-refractivity contribution in [2.24, 2.45) is 0 Å². The number of nitrogens with one attached hydrogen (secondary N) is 1. The maximum atomic E-state index is 6.22. The molecule has 0 bridgehead atoms. The predicted molar refractivity (Wildman–Crippen MR) is 75.8 cm³/mol. The molecule has 1 N–H and O–H groups in total. The van der Waals surface area contributed by atoms with Gasteiger partial charge in [-0.05, 0) is 50.3 Å². The number of benzene rings is 1. The van der Waals surface area contributed by atoms with Crippen LogP contribution in [0.5, 0.6) is 5.75 Å². The first-order chi connectivity index (χ1) is 8.66. The Hall–Kier alpha value is -0.730. The predicted octanol–water partition coefficient (Wildman–Crippen LogP) is 2.40. The number of aryl methyl sites for hydroxylation is 2. The third-order valence-electron chi connectivity index (χ3n) is 3.64. The Bertz CT molecular complexity index is 376. The molecule has 0 spiro atoms. The fourth-order valence-corrected chi connectivity index (χ4v) is 3.06. The summed E-state index contributed by atoms with van der Waals surface area (Å²) in [6.45, 7) is 8.55. The van der Waals surface area contributed by atoms with Crippen LogP contribution in [0.25, 0.3) is 0 Å². The van der Waals surface area contributed by atoms with E-state index in [2.05, 4.69) is 19.9 Å². The van der Waals surface area contributed by atoms with Gasteiger partial charge in [-0.25, -0.2) is 0 Å². The van der Waals surface area contributed by atoms with Crippen LogP contribution in [0.15, 0.2) is 12.1 Å². The van der Waals surface area contributed by atoms with E-state index < -0.39 is 0 Å². The molecule has 1 saturated heterocycles.